The van der Waals surface area contributed by atoms with Crippen LogP contribution in [0.15, 0.2) is 21.5 Å². The van der Waals surface area contributed by atoms with E-state index in [-0.39, 0.29) is 5.91 Å². The van der Waals surface area contributed by atoms with Gasteiger partial charge in [-0.25, -0.2) is 0 Å². The van der Waals surface area contributed by atoms with Crippen molar-refractivity contribution in [3.63, 3.8) is 0 Å². The fourth-order valence-electron chi connectivity index (χ4n) is 2.17. The summed E-state index contributed by atoms with van der Waals surface area (Å²) in [6, 6.07) is 2.03. The van der Waals surface area contributed by atoms with E-state index >= 15 is 0 Å². The van der Waals surface area contributed by atoms with E-state index in [2.05, 4.69) is 5.32 Å². The van der Waals surface area contributed by atoms with Crippen LogP contribution in [0.5, 0.6) is 5.75 Å². The number of nitrogens with one attached hydrogen (secondary N) is 1. The van der Waals surface area contributed by atoms with E-state index in [0.717, 1.165) is 31.9 Å². The van der Waals surface area contributed by atoms with Crippen LogP contribution < -0.4 is 10.7 Å². The number of carbonyl (C=O) groups excluding carboxylic acids is 1. The number of nitrogens with zero attached hydrogens (tertiary/aromatic N) is 1. The van der Waals surface area contributed by atoms with Crippen molar-refractivity contribution in [2.24, 2.45) is 0 Å². The van der Waals surface area contributed by atoms with Crippen molar-refractivity contribution in [2.45, 2.75) is 44.3 Å². The molecular weight excluding hydrogens is 260 g/mol. The molecule has 0 aliphatic heterocycles. The van der Waals surface area contributed by atoms with Gasteiger partial charge in [0.25, 0.3) is 0 Å². The summed E-state index contributed by atoms with van der Waals surface area (Å²) in [7, 11) is 0. The van der Waals surface area contributed by atoms with Crippen molar-refractivity contribution in [2.75, 3.05) is 6.54 Å². The van der Waals surface area contributed by atoms with E-state index in [0.29, 0.717) is 30.9 Å². The fourth-order valence-corrected chi connectivity index (χ4v) is 2.17. The molecule has 0 radical (unpaired) electrons. The second kappa shape index (κ2) is 5.28. The number of rotatable bonds is 6. The van der Waals surface area contributed by atoms with Gasteiger partial charge >= 0.3 is 0 Å². The lowest BCUT2D eigenvalue weighted by Gasteiger charge is -2.20. The predicted molar refractivity (Wildman–Crippen MR) is 71.2 cm³/mol. The highest BCUT2D eigenvalue weighted by atomic mass is 16.4. The predicted octanol–water partition coefficient (Wildman–Crippen LogP) is 0.588. The van der Waals surface area contributed by atoms with Crippen LogP contribution in [0.2, 0.25) is 0 Å². The zero-order valence-corrected chi connectivity index (χ0v) is 11.2. The third-order valence-corrected chi connectivity index (χ3v) is 3.58. The van der Waals surface area contributed by atoms with Crippen molar-refractivity contribution < 1.29 is 14.3 Å². The van der Waals surface area contributed by atoms with Gasteiger partial charge in [-0.3, -0.25) is 14.5 Å². The standard InChI is InChI=1S/C14H18N2O4/c17-12-5-11(20-8-13(12)18)6-16(10-3-4-10)7-14(19)15-9-1-2-9/h5,8-10,18H,1-4,6-7H2,(H,15,19). The number of aromatic hydroxyl groups is 1. The Kier molecular flexibility index (Phi) is 3.48. The summed E-state index contributed by atoms with van der Waals surface area (Å²) in [5.41, 5.74) is -0.454. The highest BCUT2D eigenvalue weighted by Crippen LogP contribution is 2.28. The molecule has 2 N–H and O–H groups in total. The van der Waals surface area contributed by atoms with Crippen LogP contribution in [-0.4, -0.2) is 34.5 Å². The van der Waals surface area contributed by atoms with Crippen LogP contribution >= 0.6 is 0 Å². The monoisotopic (exact) mass is 278 g/mol. The Morgan fingerprint density at radius 2 is 2.15 bits per heavy atom. The molecule has 0 atom stereocenters. The highest BCUT2D eigenvalue weighted by molar-refractivity contribution is 5.78. The Labute approximate surface area is 116 Å². The van der Waals surface area contributed by atoms with Crippen molar-refractivity contribution in [1.29, 1.82) is 0 Å². The molecule has 0 spiro atoms. The summed E-state index contributed by atoms with van der Waals surface area (Å²) in [6.45, 7) is 0.740. The minimum absolute atomic E-state index is 0.0283. The van der Waals surface area contributed by atoms with Gasteiger partial charge in [0.15, 0.2) is 5.75 Å². The molecule has 108 valence electrons. The van der Waals surface area contributed by atoms with Crippen LogP contribution in [0.4, 0.5) is 0 Å². The van der Waals surface area contributed by atoms with Gasteiger partial charge in [-0.2, -0.15) is 0 Å². The van der Waals surface area contributed by atoms with Crippen molar-refractivity contribution >= 4 is 5.91 Å². The molecule has 2 fully saturated rings. The number of carbonyl (C=O) groups is 1. The first kappa shape index (κ1) is 13.2. The minimum atomic E-state index is -0.454. The quantitative estimate of drug-likeness (QED) is 0.795. The molecule has 0 aromatic carbocycles. The molecule has 2 aliphatic carbocycles. The lowest BCUT2D eigenvalue weighted by molar-refractivity contribution is -0.122. The maximum Gasteiger partial charge on any atom is 0.234 e. The maximum atomic E-state index is 11.9. The van der Waals surface area contributed by atoms with E-state index in [9.17, 15) is 9.59 Å². The average molecular weight is 278 g/mol. The van der Waals surface area contributed by atoms with Gasteiger partial charge in [-0.1, -0.05) is 0 Å². The molecule has 2 aliphatic rings. The van der Waals surface area contributed by atoms with Gasteiger partial charge in [-0.15, -0.1) is 0 Å². The van der Waals surface area contributed by atoms with E-state index in [1.54, 1.807) is 0 Å². The zero-order chi connectivity index (χ0) is 14.1. The second-order valence-electron chi connectivity index (χ2n) is 5.57. The smallest absolute Gasteiger partial charge is 0.234 e. The molecule has 0 saturated heterocycles. The molecule has 1 heterocycles. The van der Waals surface area contributed by atoms with Crippen LogP contribution in [0.3, 0.4) is 0 Å². The molecule has 20 heavy (non-hydrogen) atoms. The van der Waals surface area contributed by atoms with Gasteiger partial charge in [0.05, 0.1) is 13.1 Å². The summed E-state index contributed by atoms with van der Waals surface area (Å²) in [5.74, 6) is 0.109. The topological polar surface area (TPSA) is 82.8 Å². The summed E-state index contributed by atoms with van der Waals surface area (Å²) >= 11 is 0. The Morgan fingerprint density at radius 3 is 2.75 bits per heavy atom. The molecule has 0 unspecified atom stereocenters. The molecular formula is C14H18N2O4. The molecule has 6 nitrogen and oxygen atoms in total. The lowest BCUT2D eigenvalue weighted by Crippen LogP contribution is -2.39. The Morgan fingerprint density at radius 1 is 1.40 bits per heavy atom. The Balaban J connectivity index is 1.62. The summed E-state index contributed by atoms with van der Waals surface area (Å²) in [4.78, 5) is 25.3. The van der Waals surface area contributed by atoms with Crippen LogP contribution in [0, 0.1) is 0 Å². The zero-order valence-electron chi connectivity index (χ0n) is 11.2. The van der Waals surface area contributed by atoms with E-state index in [1.165, 1.54) is 6.07 Å². The number of hydrogen-bond donors (Lipinski definition) is 2. The van der Waals surface area contributed by atoms with Gasteiger partial charge in [0.2, 0.25) is 11.3 Å². The van der Waals surface area contributed by atoms with E-state index in [4.69, 9.17) is 9.52 Å². The first-order chi connectivity index (χ1) is 9.61. The maximum absolute atomic E-state index is 11.9. The van der Waals surface area contributed by atoms with Crippen molar-refractivity contribution in [3.05, 3.63) is 28.3 Å². The normalized spacial score (nSPS) is 18.2. The van der Waals surface area contributed by atoms with Gasteiger partial charge < -0.3 is 14.8 Å². The van der Waals surface area contributed by atoms with Crippen molar-refractivity contribution in [1.82, 2.24) is 10.2 Å². The molecule has 2 saturated carbocycles. The largest absolute Gasteiger partial charge is 0.502 e. The molecule has 1 aromatic rings. The molecule has 6 heteroatoms. The van der Waals surface area contributed by atoms with Gasteiger partial charge in [-0.05, 0) is 25.7 Å². The Bertz CT molecular complexity index is 561. The van der Waals surface area contributed by atoms with Gasteiger partial charge in [0, 0.05) is 18.2 Å². The summed E-state index contributed by atoms with van der Waals surface area (Å²) < 4.78 is 5.20. The fraction of sp³-hybridized carbons (Fsp3) is 0.571. The SMILES string of the molecule is O=C(CN(Cc1cc(=O)c(O)co1)C1CC1)NC1CC1. The minimum Gasteiger partial charge on any atom is -0.502 e. The molecule has 3 rings (SSSR count). The highest BCUT2D eigenvalue weighted by Gasteiger charge is 2.32. The summed E-state index contributed by atoms with van der Waals surface area (Å²) in [6.07, 6.45) is 5.33. The third-order valence-electron chi connectivity index (χ3n) is 3.58. The third kappa shape index (κ3) is 3.39. The first-order valence-electron chi connectivity index (χ1n) is 6.96. The van der Waals surface area contributed by atoms with Crippen molar-refractivity contribution in [3.8, 4) is 5.75 Å². The van der Waals surface area contributed by atoms with Crippen LogP contribution in [0.25, 0.3) is 0 Å². The molecule has 0 bridgehead atoms. The number of amides is 1. The first-order valence-corrected chi connectivity index (χ1v) is 6.96. The molecule has 1 amide bonds. The summed E-state index contributed by atoms with van der Waals surface area (Å²) in [5, 5.41) is 12.1. The van der Waals surface area contributed by atoms with Crippen LogP contribution in [0.1, 0.15) is 31.4 Å². The molecule has 1 aromatic heterocycles. The van der Waals surface area contributed by atoms with E-state index in [1.807, 2.05) is 4.90 Å². The van der Waals surface area contributed by atoms with E-state index < -0.39 is 11.2 Å². The van der Waals surface area contributed by atoms with Gasteiger partial charge in [0.1, 0.15) is 12.0 Å². The lowest BCUT2D eigenvalue weighted by atomic mass is 10.3. The second-order valence-corrected chi connectivity index (χ2v) is 5.57. The number of hydrogen-bond acceptors (Lipinski definition) is 5. The average Bonchev–Trinajstić information content (AvgIpc) is 3.24. The van der Waals surface area contributed by atoms with Crippen LogP contribution in [-0.2, 0) is 11.3 Å². The Hall–Kier alpha value is -1.82.